The van der Waals surface area contributed by atoms with Crippen LogP contribution < -0.4 is 5.32 Å². The number of likely N-dealkylation sites (N-methyl/N-ethyl adjacent to an activating group) is 1. The minimum Gasteiger partial charge on any atom is -0.480 e. The second-order valence-electron chi connectivity index (χ2n) is 1.18. The lowest BCUT2D eigenvalue weighted by Gasteiger charge is -1.99. The number of carboxylic acids is 1. The van der Waals surface area contributed by atoms with Crippen molar-refractivity contribution < 1.29 is 9.90 Å². The van der Waals surface area contributed by atoms with Gasteiger partial charge in [-0.3, -0.25) is 4.79 Å². The Morgan fingerprint density at radius 1 is 2.00 bits per heavy atom. The van der Waals surface area contributed by atoms with Crippen molar-refractivity contribution in [3.05, 3.63) is 6.92 Å². The first-order chi connectivity index (χ1) is 3.18. The van der Waals surface area contributed by atoms with Crippen LogP contribution in [0.1, 0.15) is 0 Å². The summed E-state index contributed by atoms with van der Waals surface area (Å²) >= 11 is 0. The van der Waals surface area contributed by atoms with Crippen LogP contribution in [-0.4, -0.2) is 24.2 Å². The SMILES string of the molecule is [CH2]C(NC)C(=O)O. The van der Waals surface area contributed by atoms with E-state index in [0.717, 1.165) is 0 Å². The molecule has 3 heteroatoms. The van der Waals surface area contributed by atoms with Crippen LogP contribution in [-0.2, 0) is 4.79 Å². The molecule has 0 aromatic carbocycles. The van der Waals surface area contributed by atoms with Gasteiger partial charge in [-0.05, 0) is 14.0 Å². The van der Waals surface area contributed by atoms with Crippen LogP contribution in [0.5, 0.6) is 0 Å². The molecule has 7 heavy (non-hydrogen) atoms. The predicted molar refractivity (Wildman–Crippen MR) is 25.8 cm³/mol. The maximum Gasteiger partial charge on any atom is 0.320 e. The van der Waals surface area contributed by atoms with E-state index < -0.39 is 12.0 Å². The van der Waals surface area contributed by atoms with Crippen LogP contribution in [0.25, 0.3) is 0 Å². The fraction of sp³-hybridized carbons (Fsp3) is 0.500. The summed E-state index contributed by atoms with van der Waals surface area (Å²) in [6, 6.07) is -0.681. The van der Waals surface area contributed by atoms with Crippen molar-refractivity contribution in [3.63, 3.8) is 0 Å². The maximum absolute atomic E-state index is 9.81. The molecule has 0 aromatic heterocycles. The second-order valence-corrected chi connectivity index (χ2v) is 1.18. The smallest absolute Gasteiger partial charge is 0.320 e. The zero-order chi connectivity index (χ0) is 5.86. The monoisotopic (exact) mass is 102 g/mol. The summed E-state index contributed by atoms with van der Waals surface area (Å²) in [6.45, 7) is 3.25. The highest BCUT2D eigenvalue weighted by Crippen LogP contribution is 1.73. The van der Waals surface area contributed by atoms with Gasteiger partial charge in [0.05, 0.1) is 0 Å². The number of aliphatic carboxylic acids is 1. The number of carboxylic acid groups (broad SMARTS) is 1. The zero-order valence-electron chi connectivity index (χ0n) is 4.14. The van der Waals surface area contributed by atoms with Crippen molar-refractivity contribution in [1.29, 1.82) is 0 Å². The van der Waals surface area contributed by atoms with Gasteiger partial charge in [0.25, 0.3) is 0 Å². The van der Waals surface area contributed by atoms with E-state index in [1.165, 1.54) is 0 Å². The second kappa shape index (κ2) is 2.58. The van der Waals surface area contributed by atoms with Gasteiger partial charge in [0, 0.05) is 0 Å². The third-order valence-corrected chi connectivity index (χ3v) is 0.647. The molecular weight excluding hydrogens is 94.0 g/mol. The number of carbonyl (C=O) groups is 1. The lowest BCUT2D eigenvalue weighted by Crippen LogP contribution is -2.30. The first-order valence-corrected chi connectivity index (χ1v) is 1.91. The highest BCUT2D eigenvalue weighted by Gasteiger charge is 2.04. The Hall–Kier alpha value is -0.570. The molecule has 0 aliphatic carbocycles. The molecule has 0 bridgehead atoms. The van der Waals surface area contributed by atoms with E-state index in [1.54, 1.807) is 7.05 Å². The summed E-state index contributed by atoms with van der Waals surface area (Å²) in [6.07, 6.45) is 0. The third kappa shape index (κ3) is 2.17. The fourth-order valence-corrected chi connectivity index (χ4v) is 0.123. The molecule has 2 N–H and O–H groups in total. The van der Waals surface area contributed by atoms with Crippen molar-refractivity contribution in [2.75, 3.05) is 7.05 Å². The van der Waals surface area contributed by atoms with Crippen LogP contribution in [0, 0.1) is 6.92 Å². The Kier molecular flexibility index (Phi) is 2.37. The van der Waals surface area contributed by atoms with Crippen molar-refractivity contribution >= 4 is 5.97 Å². The first kappa shape index (κ1) is 6.43. The highest BCUT2D eigenvalue weighted by molar-refractivity contribution is 5.74. The Balaban J connectivity index is 3.34. The van der Waals surface area contributed by atoms with E-state index in [0.29, 0.717) is 0 Å². The van der Waals surface area contributed by atoms with Crippen LogP contribution in [0.15, 0.2) is 0 Å². The molecule has 1 atom stereocenters. The van der Waals surface area contributed by atoms with Crippen LogP contribution in [0.4, 0.5) is 0 Å². The van der Waals surface area contributed by atoms with E-state index in [-0.39, 0.29) is 0 Å². The topological polar surface area (TPSA) is 49.3 Å². The summed E-state index contributed by atoms with van der Waals surface area (Å²) in [5, 5.41) is 10.5. The van der Waals surface area contributed by atoms with E-state index in [2.05, 4.69) is 12.2 Å². The van der Waals surface area contributed by atoms with Crippen molar-refractivity contribution in [1.82, 2.24) is 5.32 Å². The van der Waals surface area contributed by atoms with Gasteiger partial charge in [-0.15, -0.1) is 0 Å². The van der Waals surface area contributed by atoms with Gasteiger partial charge in [0.2, 0.25) is 0 Å². The molecule has 0 spiro atoms. The molecule has 0 aromatic rings. The number of hydrogen-bond donors (Lipinski definition) is 2. The molecule has 0 fully saturated rings. The minimum atomic E-state index is -0.928. The maximum atomic E-state index is 9.81. The standard InChI is InChI=1S/C4H8NO2/c1-3(5-2)4(6)7/h3,5H,1H2,2H3,(H,6,7). The molecule has 0 saturated heterocycles. The highest BCUT2D eigenvalue weighted by atomic mass is 16.4. The number of rotatable bonds is 2. The number of hydrogen-bond acceptors (Lipinski definition) is 2. The number of nitrogens with one attached hydrogen (secondary N) is 1. The molecule has 0 heterocycles. The van der Waals surface area contributed by atoms with E-state index in [1.807, 2.05) is 0 Å². The average Bonchev–Trinajstić information content (AvgIpc) is 1.65. The summed E-state index contributed by atoms with van der Waals surface area (Å²) in [5.41, 5.74) is 0. The predicted octanol–water partition coefficient (Wildman–Crippen LogP) is -0.507. The van der Waals surface area contributed by atoms with E-state index in [4.69, 9.17) is 5.11 Å². The van der Waals surface area contributed by atoms with Gasteiger partial charge in [0.1, 0.15) is 6.04 Å². The van der Waals surface area contributed by atoms with Crippen LogP contribution >= 0.6 is 0 Å². The largest absolute Gasteiger partial charge is 0.480 e. The summed E-state index contributed by atoms with van der Waals surface area (Å²) < 4.78 is 0. The normalized spacial score (nSPS) is 13.4. The van der Waals surface area contributed by atoms with Crippen LogP contribution in [0.3, 0.4) is 0 Å². The minimum absolute atomic E-state index is 0.681. The molecule has 1 unspecified atom stereocenters. The summed E-state index contributed by atoms with van der Waals surface area (Å²) in [7, 11) is 1.55. The zero-order valence-corrected chi connectivity index (χ0v) is 4.14. The first-order valence-electron chi connectivity index (χ1n) is 1.91. The Bertz CT molecular complexity index is 72.1. The average molecular weight is 102 g/mol. The van der Waals surface area contributed by atoms with Crippen LogP contribution in [0.2, 0.25) is 0 Å². The summed E-state index contributed by atoms with van der Waals surface area (Å²) in [4.78, 5) is 9.81. The Morgan fingerprint density at radius 3 is 2.43 bits per heavy atom. The van der Waals surface area contributed by atoms with Gasteiger partial charge >= 0.3 is 5.97 Å². The Morgan fingerprint density at radius 2 is 2.43 bits per heavy atom. The fourth-order valence-electron chi connectivity index (χ4n) is 0.123. The quantitative estimate of drug-likeness (QED) is 0.494. The molecule has 0 aliphatic heterocycles. The van der Waals surface area contributed by atoms with Crippen molar-refractivity contribution in [2.24, 2.45) is 0 Å². The molecule has 0 amide bonds. The van der Waals surface area contributed by atoms with Crippen molar-refractivity contribution in [3.8, 4) is 0 Å². The van der Waals surface area contributed by atoms with E-state index in [9.17, 15) is 4.79 Å². The van der Waals surface area contributed by atoms with Gasteiger partial charge in [-0.1, -0.05) is 0 Å². The molecule has 41 valence electrons. The molecule has 0 rings (SSSR count). The van der Waals surface area contributed by atoms with Crippen molar-refractivity contribution in [2.45, 2.75) is 6.04 Å². The molecule has 0 saturated carbocycles. The van der Waals surface area contributed by atoms with E-state index >= 15 is 0 Å². The van der Waals surface area contributed by atoms with Gasteiger partial charge in [0.15, 0.2) is 0 Å². The summed E-state index contributed by atoms with van der Waals surface area (Å²) in [5.74, 6) is -0.928. The van der Waals surface area contributed by atoms with Gasteiger partial charge in [-0.2, -0.15) is 0 Å². The lowest BCUT2D eigenvalue weighted by molar-refractivity contribution is -0.138. The molecule has 1 radical (unpaired) electrons. The van der Waals surface area contributed by atoms with Gasteiger partial charge < -0.3 is 10.4 Å². The third-order valence-electron chi connectivity index (χ3n) is 0.647. The Labute approximate surface area is 42.3 Å². The molecule has 0 aliphatic rings. The van der Waals surface area contributed by atoms with Gasteiger partial charge in [-0.25, -0.2) is 0 Å². The lowest BCUT2D eigenvalue weighted by atomic mass is 10.4. The molecular formula is C4H8NO2. The molecule has 3 nitrogen and oxygen atoms in total.